The summed E-state index contributed by atoms with van der Waals surface area (Å²) in [5, 5.41) is 11.1. The Labute approximate surface area is 119 Å². The quantitative estimate of drug-likeness (QED) is 0.918. The van der Waals surface area contributed by atoms with Crippen molar-refractivity contribution >= 4 is 33.2 Å². The second kappa shape index (κ2) is 6.14. The molecule has 1 atom stereocenters. The summed E-state index contributed by atoms with van der Waals surface area (Å²) in [7, 11) is 2.10. The van der Waals surface area contributed by atoms with E-state index in [1.807, 2.05) is 11.4 Å². The van der Waals surface area contributed by atoms with Crippen molar-refractivity contribution in [2.75, 3.05) is 33.2 Å². The van der Waals surface area contributed by atoms with Crippen LogP contribution >= 0.6 is 27.3 Å². The first-order chi connectivity index (χ1) is 8.58. The van der Waals surface area contributed by atoms with Crippen LogP contribution in [0.5, 0.6) is 0 Å². The summed E-state index contributed by atoms with van der Waals surface area (Å²) in [5.74, 6) is -0.737. The predicted molar refractivity (Wildman–Crippen MR) is 76.1 cm³/mol. The van der Waals surface area contributed by atoms with Gasteiger partial charge in [0.25, 0.3) is 0 Å². The van der Waals surface area contributed by atoms with Gasteiger partial charge in [0, 0.05) is 35.5 Å². The van der Waals surface area contributed by atoms with Crippen molar-refractivity contribution in [1.82, 2.24) is 9.80 Å². The zero-order valence-corrected chi connectivity index (χ0v) is 12.7. The molecule has 0 radical (unpaired) electrons. The van der Waals surface area contributed by atoms with Gasteiger partial charge in [-0.1, -0.05) is 0 Å². The van der Waals surface area contributed by atoms with Crippen LogP contribution in [0.4, 0.5) is 0 Å². The molecule has 0 spiro atoms. The van der Waals surface area contributed by atoms with Crippen LogP contribution < -0.4 is 0 Å². The zero-order chi connectivity index (χ0) is 13.1. The highest BCUT2D eigenvalue weighted by atomic mass is 79.9. The average Bonchev–Trinajstić information content (AvgIpc) is 2.73. The molecule has 0 aromatic carbocycles. The number of thiophene rings is 1. The lowest BCUT2D eigenvalue weighted by Gasteiger charge is -2.37. The minimum Gasteiger partial charge on any atom is -0.481 e. The average molecular weight is 333 g/mol. The fourth-order valence-electron chi connectivity index (χ4n) is 2.23. The summed E-state index contributed by atoms with van der Waals surface area (Å²) >= 11 is 5.14. The van der Waals surface area contributed by atoms with Crippen molar-refractivity contribution < 1.29 is 9.90 Å². The van der Waals surface area contributed by atoms with E-state index in [0.29, 0.717) is 0 Å². The molecule has 1 saturated heterocycles. The number of hydrogen-bond donors (Lipinski definition) is 1. The molecule has 1 aliphatic heterocycles. The number of nitrogens with zero attached hydrogens (tertiary/aromatic N) is 2. The van der Waals surface area contributed by atoms with Gasteiger partial charge in [-0.25, -0.2) is 0 Å². The maximum Gasteiger partial charge on any atom is 0.305 e. The summed E-state index contributed by atoms with van der Waals surface area (Å²) in [4.78, 5) is 16.8. The van der Waals surface area contributed by atoms with Crippen LogP contribution in [-0.2, 0) is 4.79 Å². The molecule has 2 heterocycles. The number of hydrogen-bond acceptors (Lipinski definition) is 4. The lowest BCUT2D eigenvalue weighted by molar-refractivity contribution is -0.138. The number of halogens is 1. The molecule has 0 aliphatic carbocycles. The van der Waals surface area contributed by atoms with Gasteiger partial charge in [0.2, 0.25) is 0 Å². The Morgan fingerprint density at radius 1 is 1.50 bits per heavy atom. The number of carboxylic acid groups (broad SMARTS) is 1. The normalized spacial score (nSPS) is 19.9. The van der Waals surface area contributed by atoms with Crippen LogP contribution in [0.3, 0.4) is 0 Å². The number of carbonyl (C=O) groups is 1. The maximum absolute atomic E-state index is 11.1. The molecule has 1 aromatic rings. The SMILES string of the molecule is CN1CCN(C(CC(=O)O)c2sccc2Br)CC1. The highest BCUT2D eigenvalue weighted by molar-refractivity contribution is 9.10. The standard InChI is InChI=1S/C12H17BrN2O2S/c1-14-3-5-15(6-4-14)10(8-11(16)17)12-9(13)2-7-18-12/h2,7,10H,3-6,8H2,1H3,(H,16,17). The first-order valence-corrected chi connectivity index (χ1v) is 7.62. The van der Waals surface area contributed by atoms with Crippen LogP contribution in [-0.4, -0.2) is 54.1 Å². The number of piperazine rings is 1. The van der Waals surface area contributed by atoms with Crippen LogP contribution in [0.1, 0.15) is 17.3 Å². The third-order valence-corrected chi connectivity index (χ3v) is 5.27. The van der Waals surface area contributed by atoms with E-state index in [1.165, 1.54) is 0 Å². The third-order valence-electron chi connectivity index (χ3n) is 3.29. The van der Waals surface area contributed by atoms with Gasteiger partial charge in [0.05, 0.1) is 12.5 Å². The van der Waals surface area contributed by atoms with Gasteiger partial charge in [-0.05, 0) is 34.4 Å². The minimum atomic E-state index is -0.737. The Bertz CT molecular complexity index is 416. The number of aliphatic carboxylic acids is 1. The molecule has 0 bridgehead atoms. The summed E-state index contributed by atoms with van der Waals surface area (Å²) in [5.41, 5.74) is 0. The molecule has 1 fully saturated rings. The highest BCUT2D eigenvalue weighted by Gasteiger charge is 2.28. The van der Waals surface area contributed by atoms with Crippen LogP contribution in [0.15, 0.2) is 15.9 Å². The molecular weight excluding hydrogens is 316 g/mol. The van der Waals surface area contributed by atoms with E-state index in [1.54, 1.807) is 11.3 Å². The van der Waals surface area contributed by atoms with E-state index in [4.69, 9.17) is 5.11 Å². The van der Waals surface area contributed by atoms with Gasteiger partial charge in [-0.3, -0.25) is 9.69 Å². The summed E-state index contributed by atoms with van der Waals surface area (Å²) < 4.78 is 1.03. The molecule has 100 valence electrons. The molecule has 1 unspecified atom stereocenters. The Hall–Kier alpha value is -0.430. The first kappa shape index (κ1) is 14.0. The molecule has 2 rings (SSSR count). The number of likely N-dealkylation sites (N-methyl/N-ethyl adjacent to an activating group) is 1. The molecule has 1 aliphatic rings. The lowest BCUT2D eigenvalue weighted by atomic mass is 10.1. The fourth-order valence-corrected chi connectivity index (χ4v) is 4.00. The highest BCUT2D eigenvalue weighted by Crippen LogP contribution is 2.35. The monoisotopic (exact) mass is 332 g/mol. The van der Waals surface area contributed by atoms with Crippen molar-refractivity contribution in [3.8, 4) is 0 Å². The number of carboxylic acids is 1. The number of rotatable bonds is 4. The van der Waals surface area contributed by atoms with Crippen molar-refractivity contribution in [3.05, 3.63) is 20.8 Å². The second-order valence-corrected chi connectivity index (χ2v) is 6.39. The molecule has 1 N–H and O–H groups in total. The molecule has 4 nitrogen and oxygen atoms in total. The summed E-state index contributed by atoms with van der Waals surface area (Å²) in [6.07, 6.45) is 0.169. The maximum atomic E-state index is 11.1. The molecule has 6 heteroatoms. The Balaban J connectivity index is 2.15. The van der Waals surface area contributed by atoms with Gasteiger partial charge in [-0.2, -0.15) is 0 Å². The van der Waals surface area contributed by atoms with Crippen molar-refractivity contribution in [1.29, 1.82) is 0 Å². The van der Waals surface area contributed by atoms with Gasteiger partial charge in [0.15, 0.2) is 0 Å². The van der Waals surface area contributed by atoms with Crippen LogP contribution in [0.25, 0.3) is 0 Å². The Morgan fingerprint density at radius 2 is 2.17 bits per heavy atom. The van der Waals surface area contributed by atoms with E-state index in [-0.39, 0.29) is 12.5 Å². The van der Waals surface area contributed by atoms with Crippen LogP contribution in [0.2, 0.25) is 0 Å². The molecule has 1 aromatic heterocycles. The van der Waals surface area contributed by atoms with E-state index in [9.17, 15) is 4.79 Å². The van der Waals surface area contributed by atoms with E-state index in [0.717, 1.165) is 35.5 Å². The fraction of sp³-hybridized carbons (Fsp3) is 0.583. The van der Waals surface area contributed by atoms with Gasteiger partial charge < -0.3 is 10.0 Å². The summed E-state index contributed by atoms with van der Waals surface area (Å²) in [6.45, 7) is 3.86. The van der Waals surface area contributed by atoms with Crippen molar-refractivity contribution in [2.45, 2.75) is 12.5 Å². The van der Waals surface area contributed by atoms with Crippen LogP contribution in [0, 0.1) is 0 Å². The predicted octanol–water partition coefficient (Wildman–Crippen LogP) is 2.27. The van der Waals surface area contributed by atoms with Gasteiger partial charge >= 0.3 is 5.97 Å². The molecule has 0 amide bonds. The van der Waals surface area contributed by atoms with E-state index in [2.05, 4.69) is 32.8 Å². The first-order valence-electron chi connectivity index (χ1n) is 5.95. The van der Waals surface area contributed by atoms with E-state index < -0.39 is 5.97 Å². The Kier molecular flexibility index (Phi) is 4.77. The third kappa shape index (κ3) is 3.32. The van der Waals surface area contributed by atoms with Crippen molar-refractivity contribution in [2.24, 2.45) is 0 Å². The van der Waals surface area contributed by atoms with Gasteiger partial charge in [-0.15, -0.1) is 11.3 Å². The lowest BCUT2D eigenvalue weighted by Crippen LogP contribution is -2.46. The molecule has 0 saturated carbocycles. The van der Waals surface area contributed by atoms with E-state index >= 15 is 0 Å². The second-order valence-electron chi connectivity index (χ2n) is 4.59. The largest absolute Gasteiger partial charge is 0.481 e. The van der Waals surface area contributed by atoms with Gasteiger partial charge in [0.1, 0.15) is 0 Å². The summed E-state index contributed by atoms with van der Waals surface area (Å²) in [6, 6.07) is 1.98. The van der Waals surface area contributed by atoms with Crippen molar-refractivity contribution in [3.63, 3.8) is 0 Å². The Morgan fingerprint density at radius 3 is 2.67 bits per heavy atom. The molecule has 18 heavy (non-hydrogen) atoms. The minimum absolute atomic E-state index is 0.00873. The topological polar surface area (TPSA) is 43.8 Å². The zero-order valence-electron chi connectivity index (χ0n) is 10.3. The molecular formula is C12H17BrN2O2S. The smallest absolute Gasteiger partial charge is 0.305 e.